The molecule has 3 rings (SSSR count). The van der Waals surface area contributed by atoms with Gasteiger partial charge in [0.1, 0.15) is 0 Å². The van der Waals surface area contributed by atoms with Crippen LogP contribution in [-0.4, -0.2) is 78.0 Å². The second kappa shape index (κ2) is 10.9. The number of benzene rings is 1. The Hall–Kier alpha value is -2.74. The molecule has 1 aliphatic rings. The van der Waals surface area contributed by atoms with Gasteiger partial charge in [-0.1, -0.05) is 30.0 Å². The van der Waals surface area contributed by atoms with E-state index in [0.717, 1.165) is 11.8 Å². The van der Waals surface area contributed by atoms with Crippen LogP contribution in [-0.2, 0) is 26.1 Å². The van der Waals surface area contributed by atoms with Crippen molar-refractivity contribution in [2.75, 3.05) is 33.4 Å². The van der Waals surface area contributed by atoms with E-state index in [1.165, 1.54) is 11.4 Å². The summed E-state index contributed by atoms with van der Waals surface area (Å²) in [7, 11) is -2.26. The second-order valence-corrected chi connectivity index (χ2v) is 10.3. The van der Waals surface area contributed by atoms with Gasteiger partial charge in [-0.3, -0.25) is 14.7 Å². The van der Waals surface area contributed by atoms with E-state index in [9.17, 15) is 18.0 Å². The fourth-order valence-corrected chi connectivity index (χ4v) is 5.42. The molecule has 0 bridgehead atoms. The monoisotopic (exact) mass is 494 g/mol. The van der Waals surface area contributed by atoms with E-state index in [2.05, 4.69) is 27.4 Å². The molecule has 1 unspecified atom stereocenters. The molecule has 1 aromatic carbocycles. The molecule has 2 heterocycles. The zero-order valence-corrected chi connectivity index (χ0v) is 20.0. The molecule has 11 nitrogen and oxygen atoms in total. The number of carbonyl (C=O) groups is 2. The summed E-state index contributed by atoms with van der Waals surface area (Å²) in [6.07, 6.45) is 1.65. The Morgan fingerprint density at radius 3 is 2.70 bits per heavy atom. The molecule has 0 saturated carbocycles. The predicted molar refractivity (Wildman–Crippen MR) is 123 cm³/mol. The Morgan fingerprint density at radius 1 is 1.30 bits per heavy atom. The normalized spacial score (nSPS) is 15.6. The molecule has 33 heavy (non-hydrogen) atoms. The van der Waals surface area contributed by atoms with Crippen molar-refractivity contribution in [2.24, 2.45) is 0 Å². The summed E-state index contributed by atoms with van der Waals surface area (Å²) in [5.74, 6) is -0.0389. The van der Waals surface area contributed by atoms with Gasteiger partial charge in [0.15, 0.2) is 11.0 Å². The molecular formula is C20H26N6O5S2. The molecule has 13 heteroatoms. The lowest BCUT2D eigenvalue weighted by molar-refractivity contribution is -0.119. The summed E-state index contributed by atoms with van der Waals surface area (Å²) in [4.78, 5) is 23.8. The number of aromatic nitrogens is 3. The molecule has 1 fully saturated rings. The minimum Gasteiger partial charge on any atom is -0.379 e. The van der Waals surface area contributed by atoms with Crippen LogP contribution in [0, 0.1) is 0 Å². The van der Waals surface area contributed by atoms with Gasteiger partial charge in [0.05, 0.1) is 23.4 Å². The van der Waals surface area contributed by atoms with Gasteiger partial charge in [-0.15, -0.1) is 16.8 Å². The Morgan fingerprint density at radius 2 is 2.03 bits per heavy atom. The van der Waals surface area contributed by atoms with Gasteiger partial charge < -0.3 is 10.1 Å². The second-order valence-electron chi connectivity index (χ2n) is 7.08. The SMILES string of the molecule is C=CCn1c(SC(C)C(=O)NC(=O)NC)nnc1-c1cccc(S(=O)(=O)N2CCOCC2)c1. The average molecular weight is 495 g/mol. The lowest BCUT2D eigenvalue weighted by Gasteiger charge is -2.26. The zero-order chi connectivity index (χ0) is 24.0. The van der Waals surface area contributed by atoms with Crippen LogP contribution >= 0.6 is 11.8 Å². The third kappa shape index (κ3) is 5.79. The fraction of sp³-hybridized carbons (Fsp3) is 0.400. The van der Waals surface area contributed by atoms with Gasteiger partial charge in [-0.25, -0.2) is 13.2 Å². The van der Waals surface area contributed by atoms with Crippen molar-refractivity contribution in [1.29, 1.82) is 0 Å². The van der Waals surface area contributed by atoms with Crippen molar-refractivity contribution < 1.29 is 22.7 Å². The predicted octanol–water partition coefficient (Wildman–Crippen LogP) is 1.09. The van der Waals surface area contributed by atoms with Crippen LogP contribution in [0.2, 0.25) is 0 Å². The number of nitrogens with one attached hydrogen (secondary N) is 2. The summed E-state index contributed by atoms with van der Waals surface area (Å²) in [5, 5.41) is 12.8. The number of rotatable bonds is 8. The Labute approximate surface area is 196 Å². The summed E-state index contributed by atoms with van der Waals surface area (Å²) in [5.41, 5.74) is 0.563. The van der Waals surface area contributed by atoms with E-state index in [1.807, 2.05) is 0 Å². The van der Waals surface area contributed by atoms with Gasteiger partial charge in [0, 0.05) is 32.2 Å². The number of ether oxygens (including phenoxy) is 1. The quantitative estimate of drug-likeness (QED) is 0.411. The maximum Gasteiger partial charge on any atom is 0.321 e. The first-order chi connectivity index (χ1) is 15.8. The topological polar surface area (TPSA) is 136 Å². The van der Waals surface area contributed by atoms with E-state index in [0.29, 0.717) is 49.4 Å². The van der Waals surface area contributed by atoms with Gasteiger partial charge >= 0.3 is 6.03 Å². The molecule has 2 N–H and O–H groups in total. The van der Waals surface area contributed by atoms with Gasteiger partial charge in [-0.05, 0) is 19.1 Å². The molecule has 1 saturated heterocycles. The van der Waals surface area contributed by atoms with Crippen molar-refractivity contribution in [2.45, 2.75) is 28.8 Å². The maximum absolute atomic E-state index is 13.1. The molecule has 178 valence electrons. The summed E-state index contributed by atoms with van der Waals surface area (Å²) < 4.78 is 34.5. The number of thioether (sulfide) groups is 1. The van der Waals surface area contributed by atoms with Crippen molar-refractivity contribution in [3.63, 3.8) is 0 Å². The smallest absolute Gasteiger partial charge is 0.321 e. The third-order valence-electron chi connectivity index (χ3n) is 4.84. The molecule has 1 atom stereocenters. The van der Waals surface area contributed by atoms with Gasteiger partial charge in [-0.2, -0.15) is 4.31 Å². The first-order valence-electron chi connectivity index (χ1n) is 10.2. The van der Waals surface area contributed by atoms with Crippen molar-refractivity contribution in [3.05, 3.63) is 36.9 Å². The number of imide groups is 1. The molecule has 2 aromatic rings. The number of morpholine rings is 1. The summed E-state index contributed by atoms with van der Waals surface area (Å²) >= 11 is 1.13. The number of hydrogen-bond donors (Lipinski definition) is 2. The van der Waals surface area contributed by atoms with Crippen LogP contribution in [0.3, 0.4) is 0 Å². The lowest BCUT2D eigenvalue weighted by Crippen LogP contribution is -2.41. The summed E-state index contributed by atoms with van der Waals surface area (Å²) in [6.45, 7) is 7.07. The van der Waals surface area contributed by atoms with Crippen LogP contribution in [0.1, 0.15) is 6.92 Å². The molecule has 3 amide bonds. The Bertz CT molecular complexity index is 1130. The Kier molecular flexibility index (Phi) is 8.24. The largest absolute Gasteiger partial charge is 0.379 e. The molecule has 0 spiro atoms. The number of sulfonamides is 1. The molecular weight excluding hydrogens is 468 g/mol. The highest BCUT2D eigenvalue weighted by molar-refractivity contribution is 8.00. The van der Waals surface area contributed by atoms with Crippen molar-refractivity contribution >= 4 is 33.7 Å². The maximum atomic E-state index is 13.1. The minimum absolute atomic E-state index is 0.155. The van der Waals surface area contributed by atoms with Crippen LogP contribution in [0.4, 0.5) is 4.79 Å². The molecule has 0 radical (unpaired) electrons. The van der Waals surface area contributed by atoms with E-state index >= 15 is 0 Å². The first-order valence-corrected chi connectivity index (χ1v) is 12.5. The highest BCUT2D eigenvalue weighted by Gasteiger charge is 2.27. The number of hydrogen-bond acceptors (Lipinski definition) is 8. The number of amides is 3. The minimum atomic E-state index is -3.68. The third-order valence-corrected chi connectivity index (χ3v) is 7.82. The first kappa shape index (κ1) is 24.9. The van der Waals surface area contributed by atoms with E-state index < -0.39 is 27.2 Å². The number of nitrogens with zero attached hydrogens (tertiary/aromatic N) is 4. The van der Waals surface area contributed by atoms with Crippen molar-refractivity contribution in [3.8, 4) is 11.4 Å². The van der Waals surface area contributed by atoms with E-state index in [4.69, 9.17) is 4.74 Å². The fourth-order valence-electron chi connectivity index (χ4n) is 3.10. The van der Waals surface area contributed by atoms with E-state index in [1.54, 1.807) is 41.8 Å². The molecule has 1 aromatic heterocycles. The standard InChI is InChI=1S/C20H26N6O5S2/c1-4-8-26-17(23-24-20(26)32-14(2)18(27)22-19(28)21-3)15-6-5-7-16(13-15)33(29,30)25-9-11-31-12-10-25/h4-7,13-14H,1,8-12H2,2-3H3,(H2,21,22,27,28). The van der Waals surface area contributed by atoms with E-state index in [-0.39, 0.29) is 4.90 Å². The van der Waals surface area contributed by atoms with Gasteiger partial charge in [0.2, 0.25) is 15.9 Å². The van der Waals surface area contributed by atoms with Gasteiger partial charge in [0.25, 0.3) is 0 Å². The van der Waals surface area contributed by atoms with Crippen LogP contribution in [0.5, 0.6) is 0 Å². The summed E-state index contributed by atoms with van der Waals surface area (Å²) in [6, 6.07) is 5.91. The molecule has 1 aliphatic heterocycles. The Balaban J connectivity index is 1.89. The average Bonchev–Trinajstić information content (AvgIpc) is 3.21. The highest BCUT2D eigenvalue weighted by atomic mass is 32.2. The lowest BCUT2D eigenvalue weighted by atomic mass is 10.2. The number of allylic oxidation sites excluding steroid dienone is 1. The van der Waals surface area contributed by atoms with Crippen LogP contribution < -0.4 is 10.6 Å². The number of carbonyl (C=O) groups excluding carboxylic acids is 2. The highest BCUT2D eigenvalue weighted by Crippen LogP contribution is 2.29. The van der Waals surface area contributed by atoms with Crippen molar-refractivity contribution in [1.82, 2.24) is 29.7 Å². The molecule has 0 aliphatic carbocycles. The van der Waals surface area contributed by atoms with Crippen LogP contribution in [0.15, 0.2) is 47.0 Å². The number of urea groups is 1. The van der Waals surface area contributed by atoms with Crippen LogP contribution in [0.25, 0.3) is 11.4 Å². The zero-order valence-electron chi connectivity index (χ0n) is 18.4.